The summed E-state index contributed by atoms with van der Waals surface area (Å²) in [5, 5.41) is 2.24. The molecule has 0 amide bonds. The molecule has 8 rings (SSSR count). The summed E-state index contributed by atoms with van der Waals surface area (Å²) in [6, 6.07) is 44.8. The van der Waals surface area contributed by atoms with Gasteiger partial charge in [-0.1, -0.05) is 141 Å². The van der Waals surface area contributed by atoms with Crippen LogP contribution in [0, 0.1) is 0 Å². The Labute approximate surface area is 266 Å². The maximum Gasteiger partial charge on any atom is 0.0629 e. The highest BCUT2D eigenvalue weighted by Crippen LogP contribution is 2.50. The Bertz CT molecular complexity index is 2390. The maximum absolute atomic E-state index is 8.47. The fraction of sp³-hybridized carbons (Fsp3) is 0.0698. The molecule has 210 valence electrons. The SMILES string of the molecule is [2H]c1c([2H])c([2H])c(-c2ccc(N(c3ccccc3)c3cccc4c(-c5ccc6c(c5)C(C)(C)c5ccccc5-6)cccc34)cc2)c([2H])c1[2H]. The number of hydrogen-bond acceptors (Lipinski definition) is 1. The lowest BCUT2D eigenvalue weighted by atomic mass is 9.81. The molecule has 1 aliphatic carbocycles. The Kier molecular flexibility index (Phi) is 5.04. The van der Waals surface area contributed by atoms with Crippen LogP contribution in [0.5, 0.6) is 0 Å². The van der Waals surface area contributed by atoms with Gasteiger partial charge in [-0.3, -0.25) is 0 Å². The van der Waals surface area contributed by atoms with Crippen molar-refractivity contribution in [3.63, 3.8) is 0 Å². The lowest BCUT2D eigenvalue weighted by Crippen LogP contribution is -2.14. The van der Waals surface area contributed by atoms with Crippen molar-refractivity contribution in [2.24, 2.45) is 0 Å². The average molecular weight is 569 g/mol. The van der Waals surface area contributed by atoms with E-state index in [1.165, 1.54) is 33.4 Å². The van der Waals surface area contributed by atoms with Gasteiger partial charge >= 0.3 is 0 Å². The summed E-state index contributed by atoms with van der Waals surface area (Å²) in [5.74, 6) is 0. The molecule has 44 heavy (non-hydrogen) atoms. The molecule has 1 aliphatic rings. The predicted octanol–water partition coefficient (Wildman–Crippen LogP) is 11.9. The number of para-hydroxylation sites is 1. The molecule has 0 N–H and O–H groups in total. The molecule has 1 heteroatoms. The lowest BCUT2D eigenvalue weighted by molar-refractivity contribution is 0.660. The molecule has 0 fully saturated rings. The van der Waals surface area contributed by atoms with Gasteiger partial charge in [0, 0.05) is 22.2 Å². The second kappa shape index (κ2) is 10.4. The summed E-state index contributed by atoms with van der Waals surface area (Å²) in [5.41, 5.74) is 11.2. The third-order valence-electron chi connectivity index (χ3n) is 8.96. The zero-order valence-corrected chi connectivity index (χ0v) is 24.6. The van der Waals surface area contributed by atoms with Gasteiger partial charge in [-0.2, -0.15) is 0 Å². The Balaban J connectivity index is 1.26. The minimum atomic E-state index is -0.394. The molecule has 0 saturated heterocycles. The first kappa shape index (κ1) is 21.3. The largest absolute Gasteiger partial charge is 0.310 e. The number of anilines is 3. The van der Waals surface area contributed by atoms with Gasteiger partial charge in [0.05, 0.1) is 12.5 Å². The van der Waals surface area contributed by atoms with E-state index in [0.29, 0.717) is 5.56 Å². The summed E-state index contributed by atoms with van der Waals surface area (Å²) in [4.78, 5) is 2.21. The summed E-state index contributed by atoms with van der Waals surface area (Å²) in [7, 11) is 0. The highest BCUT2D eigenvalue weighted by Gasteiger charge is 2.35. The zero-order valence-electron chi connectivity index (χ0n) is 29.6. The standard InChI is InChI=1S/C43H33N/c1-43(2)40-21-10-9-17-37(40)38-28-25-32(29-41(38)43)35-18-11-20-39-36(35)19-12-22-42(39)44(33-15-7-4-8-16-33)34-26-23-31(24-27-34)30-13-5-3-6-14-30/h3-29H,1-2H3/i3D,5D,6D,13D,14D. The number of fused-ring (bicyclic) bond motifs is 4. The molecule has 0 saturated carbocycles. The van der Waals surface area contributed by atoms with E-state index in [4.69, 9.17) is 6.85 Å². The Morgan fingerprint density at radius 3 is 1.93 bits per heavy atom. The van der Waals surface area contributed by atoms with Gasteiger partial charge < -0.3 is 4.90 Å². The van der Waals surface area contributed by atoms with E-state index in [2.05, 4.69) is 110 Å². The zero-order chi connectivity index (χ0) is 34.0. The predicted molar refractivity (Wildman–Crippen MR) is 187 cm³/mol. The highest BCUT2D eigenvalue weighted by atomic mass is 15.1. The summed E-state index contributed by atoms with van der Waals surface area (Å²) >= 11 is 0. The van der Waals surface area contributed by atoms with Gasteiger partial charge in [0.15, 0.2) is 0 Å². The molecule has 0 bridgehead atoms. The second-order valence-electron chi connectivity index (χ2n) is 11.8. The number of benzene rings is 7. The quantitative estimate of drug-likeness (QED) is 0.200. The molecule has 0 aliphatic heterocycles. The smallest absolute Gasteiger partial charge is 0.0629 e. The molecule has 0 radical (unpaired) electrons. The number of rotatable bonds is 5. The fourth-order valence-electron chi connectivity index (χ4n) is 6.79. The van der Waals surface area contributed by atoms with Gasteiger partial charge in [0.2, 0.25) is 0 Å². The molecule has 0 spiro atoms. The van der Waals surface area contributed by atoms with E-state index in [1.54, 1.807) is 0 Å². The van der Waals surface area contributed by atoms with Crippen LogP contribution in [0.25, 0.3) is 44.2 Å². The molecule has 0 heterocycles. The minimum Gasteiger partial charge on any atom is -0.310 e. The van der Waals surface area contributed by atoms with Gasteiger partial charge in [-0.15, -0.1) is 0 Å². The van der Waals surface area contributed by atoms with Crippen LogP contribution in [-0.4, -0.2) is 0 Å². The van der Waals surface area contributed by atoms with Crippen molar-refractivity contribution in [3.05, 3.63) is 175 Å². The van der Waals surface area contributed by atoms with Gasteiger partial charge in [0.1, 0.15) is 0 Å². The Morgan fingerprint density at radius 1 is 0.477 bits per heavy atom. The first-order valence-corrected chi connectivity index (χ1v) is 15.0. The van der Waals surface area contributed by atoms with Crippen LogP contribution >= 0.6 is 0 Å². The van der Waals surface area contributed by atoms with E-state index in [-0.39, 0.29) is 35.1 Å². The van der Waals surface area contributed by atoms with Crippen molar-refractivity contribution in [2.75, 3.05) is 4.90 Å². The Hall–Kier alpha value is -5.40. The van der Waals surface area contributed by atoms with Crippen LogP contribution in [0.1, 0.15) is 31.8 Å². The molecular formula is C43H33N. The van der Waals surface area contributed by atoms with Crippen LogP contribution in [0.15, 0.2) is 164 Å². The monoisotopic (exact) mass is 568 g/mol. The fourth-order valence-corrected chi connectivity index (χ4v) is 6.79. The lowest BCUT2D eigenvalue weighted by Gasteiger charge is -2.27. The second-order valence-corrected chi connectivity index (χ2v) is 11.8. The van der Waals surface area contributed by atoms with E-state index in [9.17, 15) is 0 Å². The molecule has 0 atom stereocenters. The Morgan fingerprint density at radius 2 is 1.11 bits per heavy atom. The van der Waals surface area contributed by atoms with Gasteiger partial charge in [0.25, 0.3) is 0 Å². The van der Waals surface area contributed by atoms with Crippen molar-refractivity contribution < 1.29 is 6.85 Å². The summed E-state index contributed by atoms with van der Waals surface area (Å²) in [6.07, 6.45) is 0. The van der Waals surface area contributed by atoms with Gasteiger partial charge in [-0.05, 0) is 86.3 Å². The van der Waals surface area contributed by atoms with Crippen LogP contribution in [0.2, 0.25) is 0 Å². The molecule has 7 aromatic rings. The molecule has 1 nitrogen and oxygen atoms in total. The third kappa shape index (κ3) is 4.24. The molecule has 0 unspecified atom stereocenters. The molecular weight excluding hydrogens is 530 g/mol. The summed E-state index contributed by atoms with van der Waals surface area (Å²) in [6.45, 7) is 4.62. The van der Waals surface area contributed by atoms with Crippen molar-refractivity contribution >= 4 is 27.8 Å². The van der Waals surface area contributed by atoms with Crippen molar-refractivity contribution in [3.8, 4) is 33.4 Å². The molecule has 0 aromatic heterocycles. The van der Waals surface area contributed by atoms with E-state index < -0.39 is 6.04 Å². The number of hydrogen-bond donors (Lipinski definition) is 0. The van der Waals surface area contributed by atoms with Crippen molar-refractivity contribution in [1.29, 1.82) is 0 Å². The first-order valence-electron chi connectivity index (χ1n) is 17.5. The van der Waals surface area contributed by atoms with E-state index in [1.807, 2.05) is 42.5 Å². The average Bonchev–Trinajstić information content (AvgIpc) is 3.36. The minimum absolute atomic E-state index is 0.0941. The van der Waals surface area contributed by atoms with Crippen molar-refractivity contribution in [2.45, 2.75) is 19.3 Å². The highest BCUT2D eigenvalue weighted by molar-refractivity contribution is 6.06. The maximum atomic E-state index is 8.47. The first-order chi connectivity index (χ1) is 23.7. The van der Waals surface area contributed by atoms with Crippen molar-refractivity contribution in [1.82, 2.24) is 0 Å². The van der Waals surface area contributed by atoms with Crippen LogP contribution in [0.4, 0.5) is 17.1 Å². The molecule has 7 aromatic carbocycles. The normalized spacial score (nSPS) is 14.5. The number of nitrogens with zero attached hydrogens (tertiary/aromatic N) is 1. The van der Waals surface area contributed by atoms with Gasteiger partial charge in [-0.25, -0.2) is 0 Å². The van der Waals surface area contributed by atoms with E-state index in [0.717, 1.165) is 27.8 Å². The summed E-state index contributed by atoms with van der Waals surface area (Å²) < 4.78 is 41.2. The van der Waals surface area contributed by atoms with Crippen LogP contribution in [0.3, 0.4) is 0 Å². The van der Waals surface area contributed by atoms with E-state index >= 15 is 0 Å². The van der Waals surface area contributed by atoms with Crippen LogP contribution < -0.4 is 4.90 Å². The topological polar surface area (TPSA) is 3.24 Å². The third-order valence-corrected chi connectivity index (χ3v) is 8.96. The van der Waals surface area contributed by atoms with Crippen LogP contribution in [-0.2, 0) is 5.41 Å².